The lowest BCUT2D eigenvalue weighted by molar-refractivity contribution is 0.251. The Morgan fingerprint density at radius 2 is 1.81 bits per heavy atom. The lowest BCUT2D eigenvalue weighted by Gasteiger charge is -2.35. The smallest absolute Gasteiger partial charge is 0.330 e. The van der Waals surface area contributed by atoms with Crippen molar-refractivity contribution in [2.75, 3.05) is 42.1 Å². The number of nitrogens with two attached hydrogens (primary N) is 1. The molecule has 3 aromatic rings. The largest absolute Gasteiger partial charge is 0.495 e. The number of methoxy groups -OCH3 is 2. The topological polar surface area (TPSA) is 124 Å². The van der Waals surface area contributed by atoms with Crippen LogP contribution in [-0.4, -0.2) is 47.0 Å². The van der Waals surface area contributed by atoms with Crippen molar-refractivity contribution in [3.8, 4) is 11.5 Å². The van der Waals surface area contributed by atoms with E-state index in [0.717, 1.165) is 0 Å². The number of anilines is 5. The normalized spacial score (nSPS) is 13.2. The van der Waals surface area contributed by atoms with Gasteiger partial charge in [0.15, 0.2) is 5.82 Å². The second-order valence-corrected chi connectivity index (χ2v) is 7.71. The molecule has 3 N–H and O–H groups in total. The molecule has 0 radical (unpaired) electrons. The average molecular weight is 479 g/mol. The van der Waals surface area contributed by atoms with Gasteiger partial charge >= 0.3 is 6.03 Å². The Hall–Kier alpha value is -3.44. The highest BCUT2D eigenvalue weighted by Crippen LogP contribution is 2.47. The summed E-state index contributed by atoms with van der Waals surface area (Å²) in [7, 11) is 6.28. The monoisotopic (exact) mass is 478 g/mol. The van der Waals surface area contributed by atoms with Crippen molar-refractivity contribution in [3.63, 3.8) is 0 Å². The molecule has 0 aliphatic carbocycles. The molecule has 32 heavy (non-hydrogen) atoms. The van der Waals surface area contributed by atoms with Gasteiger partial charge in [-0.25, -0.2) is 9.78 Å². The summed E-state index contributed by atoms with van der Waals surface area (Å²) in [5, 5.41) is 7.46. The van der Waals surface area contributed by atoms with E-state index in [1.165, 1.54) is 24.0 Å². The number of ether oxygens (including phenoxy) is 2. The maximum Gasteiger partial charge on any atom is 0.330 e. The second-order valence-electron chi connectivity index (χ2n) is 6.95. The van der Waals surface area contributed by atoms with E-state index < -0.39 is 0 Å². The van der Waals surface area contributed by atoms with Gasteiger partial charge in [-0.1, -0.05) is 23.2 Å². The van der Waals surface area contributed by atoms with Gasteiger partial charge in [-0.2, -0.15) is 10.1 Å². The van der Waals surface area contributed by atoms with Gasteiger partial charge in [0.05, 0.1) is 32.6 Å². The Kier molecular flexibility index (Phi) is 5.61. The first-order valence-corrected chi connectivity index (χ1v) is 10.1. The number of benzene rings is 1. The summed E-state index contributed by atoms with van der Waals surface area (Å²) in [4.78, 5) is 24.9. The van der Waals surface area contributed by atoms with Crippen LogP contribution in [0.25, 0.3) is 0 Å². The van der Waals surface area contributed by atoms with Crippen molar-refractivity contribution in [2.45, 2.75) is 6.54 Å². The predicted octanol–water partition coefficient (Wildman–Crippen LogP) is 3.44. The minimum Gasteiger partial charge on any atom is -0.495 e. The van der Waals surface area contributed by atoms with Crippen molar-refractivity contribution in [1.82, 2.24) is 19.7 Å². The number of nitrogen functional groups attached to an aromatic ring is 1. The number of amides is 2. The lowest BCUT2D eigenvalue weighted by Crippen LogP contribution is -2.46. The molecule has 1 aromatic carbocycles. The van der Waals surface area contributed by atoms with Crippen LogP contribution in [0.5, 0.6) is 11.5 Å². The Balaban J connectivity index is 1.72. The summed E-state index contributed by atoms with van der Waals surface area (Å²) in [6.07, 6.45) is 3.32. The summed E-state index contributed by atoms with van der Waals surface area (Å²) in [6.45, 7) is 0.142. The molecule has 2 amide bonds. The van der Waals surface area contributed by atoms with Gasteiger partial charge < -0.3 is 20.5 Å². The zero-order valence-corrected chi connectivity index (χ0v) is 19.2. The number of hydrogen-bond acceptors (Lipinski definition) is 8. The minimum atomic E-state index is -0.387. The molecular weight excluding hydrogens is 459 g/mol. The summed E-state index contributed by atoms with van der Waals surface area (Å²) >= 11 is 13.0. The predicted molar refractivity (Wildman–Crippen MR) is 122 cm³/mol. The van der Waals surface area contributed by atoms with Gasteiger partial charge in [0, 0.05) is 31.9 Å². The van der Waals surface area contributed by atoms with Crippen molar-refractivity contribution in [1.29, 1.82) is 0 Å². The molecule has 168 valence electrons. The van der Waals surface area contributed by atoms with Gasteiger partial charge in [0.25, 0.3) is 0 Å². The molecule has 3 heterocycles. The van der Waals surface area contributed by atoms with Crippen molar-refractivity contribution in [2.24, 2.45) is 7.05 Å². The number of aromatic nitrogens is 4. The van der Waals surface area contributed by atoms with Gasteiger partial charge in [-0.15, -0.1) is 0 Å². The molecule has 1 aliphatic heterocycles. The molecule has 4 rings (SSSR count). The first kappa shape index (κ1) is 21.8. The third-order valence-electron chi connectivity index (χ3n) is 4.93. The van der Waals surface area contributed by atoms with Gasteiger partial charge in [-0.3, -0.25) is 14.5 Å². The van der Waals surface area contributed by atoms with Gasteiger partial charge in [0.1, 0.15) is 33.0 Å². The zero-order chi connectivity index (χ0) is 23.2. The van der Waals surface area contributed by atoms with E-state index in [9.17, 15) is 4.79 Å². The molecule has 0 saturated heterocycles. The van der Waals surface area contributed by atoms with E-state index in [1.54, 1.807) is 37.2 Å². The Labute approximate surface area is 193 Å². The number of fused-ring (bicyclic) bond motifs is 1. The van der Waals surface area contributed by atoms with E-state index in [-0.39, 0.29) is 34.3 Å². The SMILES string of the molecule is COc1cc(OC)c(Cl)c(N2Cc3cnc(Nc4cn(C)nc4N)nc3N(C)C2=O)c1Cl. The summed E-state index contributed by atoms with van der Waals surface area (Å²) in [6, 6.07) is 1.17. The highest BCUT2D eigenvalue weighted by atomic mass is 35.5. The third kappa shape index (κ3) is 3.59. The highest BCUT2D eigenvalue weighted by molar-refractivity contribution is 6.42. The minimum absolute atomic E-state index is 0.142. The Morgan fingerprint density at radius 1 is 1.16 bits per heavy atom. The fourth-order valence-electron chi connectivity index (χ4n) is 3.38. The van der Waals surface area contributed by atoms with Gasteiger partial charge in [-0.05, 0) is 0 Å². The molecule has 1 aliphatic rings. The number of carbonyl (C=O) groups excluding carboxylic acids is 1. The van der Waals surface area contributed by atoms with Crippen LogP contribution >= 0.6 is 23.2 Å². The van der Waals surface area contributed by atoms with Crippen LogP contribution in [0.3, 0.4) is 0 Å². The van der Waals surface area contributed by atoms with Gasteiger partial charge in [0.2, 0.25) is 5.95 Å². The first-order chi connectivity index (χ1) is 15.2. The zero-order valence-electron chi connectivity index (χ0n) is 17.7. The molecule has 0 bridgehead atoms. The van der Waals surface area contributed by atoms with E-state index in [4.69, 9.17) is 38.4 Å². The molecule has 2 aromatic heterocycles. The quantitative estimate of drug-likeness (QED) is 0.571. The molecule has 0 unspecified atom stereocenters. The van der Waals surface area contributed by atoms with Crippen LogP contribution in [0.15, 0.2) is 18.5 Å². The summed E-state index contributed by atoms with van der Waals surface area (Å²) in [5.41, 5.74) is 7.39. The van der Waals surface area contributed by atoms with Crippen LogP contribution in [0.1, 0.15) is 5.56 Å². The fraction of sp³-hybridized carbons (Fsp3) is 0.263. The summed E-state index contributed by atoms with van der Waals surface area (Å²) < 4.78 is 12.2. The lowest BCUT2D eigenvalue weighted by atomic mass is 10.2. The number of urea groups is 1. The molecular formula is C19H20Cl2N8O3. The van der Waals surface area contributed by atoms with Crippen molar-refractivity contribution in [3.05, 3.63) is 34.1 Å². The maximum atomic E-state index is 13.3. The van der Waals surface area contributed by atoms with E-state index in [2.05, 4.69) is 20.4 Å². The van der Waals surface area contributed by atoms with Crippen LogP contribution in [0, 0.1) is 0 Å². The fourth-order valence-corrected chi connectivity index (χ4v) is 4.08. The molecule has 0 fully saturated rings. The number of carbonyl (C=O) groups is 1. The highest BCUT2D eigenvalue weighted by Gasteiger charge is 2.35. The number of halogens is 2. The van der Waals surface area contributed by atoms with Crippen LogP contribution in [0.2, 0.25) is 10.0 Å². The van der Waals surface area contributed by atoms with E-state index in [0.29, 0.717) is 34.4 Å². The molecule has 0 saturated carbocycles. The Bertz CT molecular complexity index is 1190. The van der Waals surface area contributed by atoms with Crippen LogP contribution in [-0.2, 0) is 13.6 Å². The van der Waals surface area contributed by atoms with Crippen molar-refractivity contribution >= 4 is 58.2 Å². The van der Waals surface area contributed by atoms with E-state index in [1.807, 2.05) is 0 Å². The molecule has 11 nitrogen and oxygen atoms in total. The summed E-state index contributed by atoms with van der Waals surface area (Å²) in [5.74, 6) is 1.67. The van der Waals surface area contributed by atoms with E-state index >= 15 is 0 Å². The second kappa shape index (κ2) is 8.24. The first-order valence-electron chi connectivity index (χ1n) is 9.32. The third-order valence-corrected chi connectivity index (χ3v) is 5.66. The van der Waals surface area contributed by atoms with Crippen LogP contribution < -0.4 is 30.3 Å². The number of rotatable bonds is 5. The average Bonchev–Trinajstić information content (AvgIpc) is 3.08. The standard InChI is InChI=1S/C19H20Cl2N8O3/c1-27-8-10(16(22)26-27)24-18-23-6-9-7-29(19(30)28(2)17(9)25-18)15-13(20)11(31-3)5-12(32-4)14(15)21/h5-6,8H,7H2,1-4H3,(H2,22,26)(H,23,24,25). The molecule has 0 atom stereocenters. The number of hydrogen-bond donors (Lipinski definition) is 2. The number of nitrogens with one attached hydrogen (secondary N) is 1. The molecule has 0 spiro atoms. The molecule has 13 heteroatoms. The Morgan fingerprint density at radius 3 is 2.38 bits per heavy atom. The van der Waals surface area contributed by atoms with Crippen LogP contribution in [0.4, 0.5) is 33.8 Å². The number of aryl methyl sites for hydroxylation is 1. The number of nitrogens with zero attached hydrogens (tertiary/aromatic N) is 6. The maximum absolute atomic E-state index is 13.3. The van der Waals surface area contributed by atoms with Crippen molar-refractivity contribution < 1.29 is 14.3 Å².